The van der Waals surface area contributed by atoms with Crippen LogP contribution in [0.2, 0.25) is 0 Å². The van der Waals surface area contributed by atoms with Gasteiger partial charge in [-0.2, -0.15) is 0 Å². The van der Waals surface area contributed by atoms with Gasteiger partial charge in [0.25, 0.3) is 5.95 Å². The third-order valence-electron chi connectivity index (χ3n) is 9.49. The zero-order valence-corrected chi connectivity index (χ0v) is 26.5. The maximum atomic E-state index is 14.7. The van der Waals surface area contributed by atoms with E-state index >= 15 is 0 Å². The van der Waals surface area contributed by atoms with Gasteiger partial charge in [0.15, 0.2) is 4.60 Å². The Balaban J connectivity index is 1.18. The molecule has 0 unspecified atom stereocenters. The highest BCUT2D eigenvalue weighted by molar-refractivity contribution is 9.10. The van der Waals surface area contributed by atoms with Crippen molar-refractivity contribution in [2.45, 2.75) is 76.3 Å². The zero-order valence-electron chi connectivity index (χ0n) is 24.9. The molecule has 1 aromatic carbocycles. The lowest BCUT2D eigenvalue weighted by Gasteiger charge is -2.34. The molecule has 2 saturated heterocycles. The summed E-state index contributed by atoms with van der Waals surface area (Å²) in [6, 6.07) is 6.24. The van der Waals surface area contributed by atoms with Gasteiger partial charge in [-0.1, -0.05) is 12.1 Å². The third kappa shape index (κ3) is 6.95. The van der Waals surface area contributed by atoms with Crippen molar-refractivity contribution in [2.24, 2.45) is 11.8 Å². The summed E-state index contributed by atoms with van der Waals surface area (Å²) in [5, 5.41) is 8.20. The van der Waals surface area contributed by atoms with E-state index in [1.165, 1.54) is 6.07 Å². The van der Waals surface area contributed by atoms with E-state index in [0.29, 0.717) is 26.3 Å². The van der Waals surface area contributed by atoms with Gasteiger partial charge in [-0.15, -0.1) is 10.2 Å². The number of benzene rings is 1. The van der Waals surface area contributed by atoms with Crippen LogP contribution in [0, 0.1) is 17.7 Å². The van der Waals surface area contributed by atoms with E-state index in [-0.39, 0.29) is 70.8 Å². The van der Waals surface area contributed by atoms with Crippen LogP contribution in [0.3, 0.4) is 0 Å². The van der Waals surface area contributed by atoms with Crippen molar-refractivity contribution in [3.05, 3.63) is 34.7 Å². The standard InChI is InChI=1S/C31H36BrFN6O6/c32-28-27(23-3-1-2-4-24(23)33)34-29(36-35-28)39(25(40)17-19-5-9-21(10-6-19)37-13-15-44-30(37)42)26(41)18-20-7-11-22(12-8-20)38-14-16-45-31(38)43/h1-4,19-22H,5-18H2/t19-,20?,21-,22?. The summed E-state index contributed by atoms with van der Waals surface area (Å²) in [4.78, 5) is 60.9. The Morgan fingerprint density at radius 2 is 1.33 bits per heavy atom. The Morgan fingerprint density at radius 1 is 0.822 bits per heavy atom. The Morgan fingerprint density at radius 3 is 1.80 bits per heavy atom. The predicted octanol–water partition coefficient (Wildman–Crippen LogP) is 5.10. The number of hydrogen-bond donors (Lipinski definition) is 0. The van der Waals surface area contributed by atoms with Gasteiger partial charge in [-0.3, -0.25) is 9.59 Å². The summed E-state index contributed by atoms with van der Waals surface area (Å²) in [5.41, 5.74) is 0.303. The Kier molecular flexibility index (Phi) is 9.57. The first-order chi connectivity index (χ1) is 21.8. The predicted molar refractivity (Wildman–Crippen MR) is 162 cm³/mol. The number of carbonyl (C=O) groups is 4. The van der Waals surface area contributed by atoms with Crippen LogP contribution in [0.4, 0.5) is 19.9 Å². The highest BCUT2D eigenvalue weighted by atomic mass is 79.9. The first-order valence-electron chi connectivity index (χ1n) is 15.7. The zero-order chi connectivity index (χ0) is 31.5. The first kappa shape index (κ1) is 31.3. The van der Waals surface area contributed by atoms with Crippen LogP contribution in [0.1, 0.15) is 64.2 Å². The molecule has 45 heavy (non-hydrogen) atoms. The van der Waals surface area contributed by atoms with Gasteiger partial charge in [-0.05, 0) is 91.3 Å². The van der Waals surface area contributed by atoms with Crippen molar-refractivity contribution in [3.63, 3.8) is 0 Å². The van der Waals surface area contributed by atoms with Gasteiger partial charge >= 0.3 is 12.2 Å². The highest BCUT2D eigenvalue weighted by Gasteiger charge is 2.37. The molecular formula is C31H36BrFN6O6. The second kappa shape index (κ2) is 13.8. The largest absolute Gasteiger partial charge is 0.448 e. The van der Waals surface area contributed by atoms with Crippen LogP contribution in [-0.2, 0) is 19.1 Å². The summed E-state index contributed by atoms with van der Waals surface area (Å²) < 4.78 is 25.1. The second-order valence-electron chi connectivity index (χ2n) is 12.2. The van der Waals surface area contributed by atoms with Crippen molar-refractivity contribution in [1.29, 1.82) is 0 Å². The SMILES string of the molecule is O=C(CC1CCC(N2CCOC2=O)CC1)N(C(=O)C[C@H]1CC[C@H](N2CCOC2=O)CC1)c1nnc(Br)c(-c2ccccc2F)n1. The quantitative estimate of drug-likeness (QED) is 0.372. The Bertz CT molecular complexity index is 1390. The van der Waals surface area contributed by atoms with E-state index < -0.39 is 17.6 Å². The summed E-state index contributed by atoms with van der Waals surface area (Å²) in [7, 11) is 0. The minimum absolute atomic E-state index is 0.0211. The molecule has 4 amide bonds. The topological polar surface area (TPSA) is 135 Å². The molecule has 2 aromatic rings. The molecule has 12 nitrogen and oxygen atoms in total. The van der Waals surface area contributed by atoms with E-state index in [9.17, 15) is 23.6 Å². The molecule has 1 aromatic heterocycles. The molecule has 14 heteroatoms. The lowest BCUT2D eigenvalue weighted by atomic mass is 9.82. The van der Waals surface area contributed by atoms with Crippen molar-refractivity contribution >= 4 is 45.9 Å². The molecule has 2 saturated carbocycles. The fraction of sp³-hybridized carbons (Fsp3) is 0.581. The number of carbonyl (C=O) groups excluding carboxylic acids is 4. The molecule has 6 rings (SSSR count). The van der Waals surface area contributed by atoms with Crippen LogP contribution >= 0.6 is 15.9 Å². The molecule has 4 aliphatic rings. The monoisotopic (exact) mass is 686 g/mol. The molecule has 0 N–H and O–H groups in total. The van der Waals surface area contributed by atoms with E-state index in [2.05, 4.69) is 31.1 Å². The highest BCUT2D eigenvalue weighted by Crippen LogP contribution is 2.35. The van der Waals surface area contributed by atoms with Crippen LogP contribution in [0.25, 0.3) is 11.3 Å². The minimum atomic E-state index is -0.522. The lowest BCUT2D eigenvalue weighted by molar-refractivity contribution is -0.128. The molecule has 0 spiro atoms. The fourth-order valence-corrected chi connectivity index (χ4v) is 7.44. The number of amides is 4. The summed E-state index contributed by atoms with van der Waals surface area (Å²) in [6.07, 6.45) is 5.57. The number of imide groups is 1. The van der Waals surface area contributed by atoms with E-state index in [0.717, 1.165) is 56.3 Å². The number of hydrogen-bond acceptors (Lipinski definition) is 9. The van der Waals surface area contributed by atoms with Gasteiger partial charge in [0.1, 0.15) is 24.7 Å². The van der Waals surface area contributed by atoms with E-state index in [1.54, 1.807) is 28.0 Å². The Labute approximate surface area is 268 Å². The van der Waals surface area contributed by atoms with Crippen LogP contribution in [-0.4, -0.2) is 87.4 Å². The maximum absolute atomic E-state index is 14.7. The van der Waals surface area contributed by atoms with Crippen LogP contribution in [0.5, 0.6) is 0 Å². The molecule has 240 valence electrons. The number of nitrogens with zero attached hydrogens (tertiary/aromatic N) is 6. The number of halogens is 2. The Hall–Kier alpha value is -3.68. The third-order valence-corrected chi connectivity index (χ3v) is 10.0. The van der Waals surface area contributed by atoms with Crippen molar-refractivity contribution in [1.82, 2.24) is 25.0 Å². The number of anilines is 1. The first-order valence-corrected chi connectivity index (χ1v) is 16.5. The molecule has 0 bridgehead atoms. The van der Waals surface area contributed by atoms with Crippen LogP contribution in [0.15, 0.2) is 28.9 Å². The normalized spacial score (nSPS) is 25.2. The van der Waals surface area contributed by atoms with Crippen LogP contribution < -0.4 is 4.90 Å². The van der Waals surface area contributed by atoms with Gasteiger partial charge in [0.2, 0.25) is 11.8 Å². The molecular weight excluding hydrogens is 651 g/mol. The number of rotatable bonds is 8. The summed E-state index contributed by atoms with van der Waals surface area (Å²) in [5.74, 6) is -1.53. The van der Waals surface area contributed by atoms with Gasteiger partial charge in [-0.25, -0.2) is 23.9 Å². The summed E-state index contributed by atoms with van der Waals surface area (Å²) >= 11 is 3.29. The molecule has 2 aliphatic carbocycles. The molecule has 0 radical (unpaired) electrons. The second-order valence-corrected chi connectivity index (χ2v) is 13.0. The molecule has 4 fully saturated rings. The minimum Gasteiger partial charge on any atom is -0.448 e. The molecule has 3 heterocycles. The molecule has 0 atom stereocenters. The number of cyclic esters (lactones) is 2. The van der Waals surface area contributed by atoms with Crippen molar-refractivity contribution < 1.29 is 33.0 Å². The lowest BCUT2D eigenvalue weighted by Crippen LogP contribution is -2.43. The summed E-state index contributed by atoms with van der Waals surface area (Å²) in [6.45, 7) is 1.96. The van der Waals surface area contributed by atoms with E-state index in [1.807, 2.05) is 0 Å². The van der Waals surface area contributed by atoms with E-state index in [4.69, 9.17) is 9.47 Å². The van der Waals surface area contributed by atoms with Gasteiger partial charge in [0.05, 0.1) is 13.1 Å². The number of aromatic nitrogens is 3. The fourth-order valence-electron chi connectivity index (χ4n) is 7.06. The average molecular weight is 688 g/mol. The molecule has 2 aliphatic heterocycles. The van der Waals surface area contributed by atoms with Gasteiger partial charge in [0, 0.05) is 30.5 Å². The maximum Gasteiger partial charge on any atom is 0.410 e. The van der Waals surface area contributed by atoms with Crippen molar-refractivity contribution in [2.75, 3.05) is 31.2 Å². The van der Waals surface area contributed by atoms with Crippen molar-refractivity contribution in [3.8, 4) is 11.3 Å². The average Bonchev–Trinajstić information content (AvgIpc) is 3.67. The van der Waals surface area contributed by atoms with Gasteiger partial charge < -0.3 is 19.3 Å². The number of ether oxygens (including phenoxy) is 2. The smallest absolute Gasteiger partial charge is 0.410 e.